The number of thioether (sulfide) groups is 1. The van der Waals surface area contributed by atoms with Crippen molar-refractivity contribution in [2.75, 3.05) is 26.1 Å². The molecule has 1 spiro atoms. The summed E-state index contributed by atoms with van der Waals surface area (Å²) < 4.78 is 4.50. The minimum Gasteiger partial charge on any atom is -0.497 e. The Balaban J connectivity index is 1.78. The number of hydrogen-bond donors (Lipinski definition) is 3. The maximum Gasteiger partial charge on any atom is 0.248 e. The van der Waals surface area contributed by atoms with Crippen LogP contribution in [0.3, 0.4) is 0 Å². The van der Waals surface area contributed by atoms with E-state index in [0.717, 1.165) is 12.8 Å². The Morgan fingerprint density at radius 3 is 2.53 bits per heavy atom. The number of aliphatic hydroxyl groups excluding tert-OH is 1. The number of anilines is 1. The summed E-state index contributed by atoms with van der Waals surface area (Å²) in [5.74, 6) is -0.929. The molecule has 3 saturated heterocycles. The number of rotatable bonds is 8. The van der Waals surface area contributed by atoms with Gasteiger partial charge in [0.05, 0.1) is 36.3 Å². The zero-order chi connectivity index (χ0) is 24.8. The van der Waals surface area contributed by atoms with Gasteiger partial charge < -0.3 is 25.4 Å². The Morgan fingerprint density at radius 2 is 1.97 bits per heavy atom. The van der Waals surface area contributed by atoms with Gasteiger partial charge in [-0.15, -0.1) is 11.8 Å². The molecule has 3 aliphatic heterocycles. The molecule has 8 atom stereocenters. The summed E-state index contributed by atoms with van der Waals surface area (Å²) in [6.07, 6.45) is 1.53. The third kappa shape index (κ3) is 3.59. The summed E-state index contributed by atoms with van der Waals surface area (Å²) in [5.41, 5.74) is 0.607. The Hall–Kier alpha value is -2.26. The standard InChI is InChI=1S/C25H35N3O5S/c1-6-13(2)17(12-29)28-21(23(31)27-15-7-9-16(33-5)10-8-15)25-14(3)11-18(34-25)19(22(30)26-4)20(25)24(28)32/h7-10,13-14,17-21,29H,6,11-12H2,1-5H3,(H,26,30)(H,27,31)/t13-,14?,17-,18-,19+,20-,21?,25?/m0/s1. The summed E-state index contributed by atoms with van der Waals surface area (Å²) in [5, 5.41) is 16.1. The zero-order valence-corrected chi connectivity index (χ0v) is 21.2. The summed E-state index contributed by atoms with van der Waals surface area (Å²) >= 11 is 1.63. The number of aliphatic hydroxyl groups is 1. The second-order valence-corrected chi connectivity index (χ2v) is 11.3. The van der Waals surface area contributed by atoms with Crippen LogP contribution < -0.4 is 15.4 Å². The number of carbonyl (C=O) groups is 3. The Bertz CT molecular complexity index is 956. The van der Waals surface area contributed by atoms with Crippen molar-refractivity contribution >= 4 is 35.2 Å². The molecule has 9 heteroatoms. The molecule has 4 rings (SSSR count). The van der Waals surface area contributed by atoms with Crippen LogP contribution in [-0.2, 0) is 14.4 Å². The highest BCUT2D eigenvalue weighted by Crippen LogP contribution is 2.68. The van der Waals surface area contributed by atoms with E-state index in [-0.39, 0.29) is 41.4 Å². The molecule has 0 saturated carbocycles. The maximum absolute atomic E-state index is 14.0. The van der Waals surface area contributed by atoms with Gasteiger partial charge in [-0.3, -0.25) is 14.4 Å². The zero-order valence-electron chi connectivity index (χ0n) is 20.4. The molecule has 1 aromatic carbocycles. The van der Waals surface area contributed by atoms with Crippen LogP contribution in [0.4, 0.5) is 5.69 Å². The van der Waals surface area contributed by atoms with Gasteiger partial charge in [0.25, 0.3) is 0 Å². The van der Waals surface area contributed by atoms with Gasteiger partial charge in [-0.05, 0) is 42.5 Å². The number of benzene rings is 1. The minimum atomic E-state index is -0.780. The van der Waals surface area contributed by atoms with Crippen LogP contribution in [0.25, 0.3) is 0 Å². The second kappa shape index (κ2) is 9.41. The normalized spacial score (nSPS) is 33.4. The number of carbonyl (C=O) groups excluding carboxylic acids is 3. The minimum absolute atomic E-state index is 0.00138. The number of hydrogen-bond acceptors (Lipinski definition) is 6. The largest absolute Gasteiger partial charge is 0.497 e. The number of nitrogens with one attached hydrogen (secondary N) is 2. The molecule has 2 bridgehead atoms. The van der Waals surface area contributed by atoms with Crippen LogP contribution in [0.2, 0.25) is 0 Å². The lowest BCUT2D eigenvalue weighted by molar-refractivity contribution is -0.143. The molecule has 3 unspecified atom stereocenters. The summed E-state index contributed by atoms with van der Waals surface area (Å²) in [6, 6.07) is 5.79. The average molecular weight is 490 g/mol. The van der Waals surface area contributed by atoms with E-state index in [1.807, 2.05) is 13.8 Å². The van der Waals surface area contributed by atoms with E-state index >= 15 is 0 Å². The molecule has 3 aliphatic rings. The number of nitrogens with zero attached hydrogens (tertiary/aromatic N) is 1. The van der Waals surface area contributed by atoms with Gasteiger partial charge in [-0.2, -0.15) is 0 Å². The second-order valence-electron chi connectivity index (χ2n) is 9.77. The van der Waals surface area contributed by atoms with E-state index < -0.39 is 28.7 Å². The molecule has 8 nitrogen and oxygen atoms in total. The highest BCUT2D eigenvalue weighted by Gasteiger charge is 2.76. The summed E-state index contributed by atoms with van der Waals surface area (Å²) in [4.78, 5) is 42.5. The number of fused-ring (bicyclic) bond motifs is 1. The van der Waals surface area contributed by atoms with Crippen LogP contribution in [0.1, 0.15) is 33.6 Å². The third-order valence-electron chi connectivity index (χ3n) is 8.18. The van der Waals surface area contributed by atoms with Crippen molar-refractivity contribution in [3.63, 3.8) is 0 Å². The molecule has 3 N–H and O–H groups in total. The van der Waals surface area contributed by atoms with Crippen molar-refractivity contribution in [1.82, 2.24) is 10.2 Å². The number of ether oxygens (including phenoxy) is 1. The molecule has 3 heterocycles. The van der Waals surface area contributed by atoms with Crippen molar-refractivity contribution < 1.29 is 24.2 Å². The molecule has 0 aromatic heterocycles. The van der Waals surface area contributed by atoms with Gasteiger partial charge >= 0.3 is 0 Å². The first kappa shape index (κ1) is 24.9. The monoisotopic (exact) mass is 489 g/mol. The van der Waals surface area contributed by atoms with Crippen molar-refractivity contribution in [3.05, 3.63) is 24.3 Å². The van der Waals surface area contributed by atoms with E-state index in [1.165, 1.54) is 0 Å². The lowest BCUT2D eigenvalue weighted by Gasteiger charge is -2.41. The van der Waals surface area contributed by atoms with Crippen molar-refractivity contribution in [2.24, 2.45) is 23.7 Å². The van der Waals surface area contributed by atoms with Gasteiger partial charge in [0, 0.05) is 18.0 Å². The van der Waals surface area contributed by atoms with Crippen LogP contribution >= 0.6 is 11.8 Å². The molecule has 3 fully saturated rings. The lowest BCUT2D eigenvalue weighted by atomic mass is 9.66. The Morgan fingerprint density at radius 1 is 1.29 bits per heavy atom. The SMILES string of the molecule is CC[C@H](C)[C@H](CO)N1C(=O)[C@@H]2[C@H](C(=O)NC)[C@@H]3CC(C)C2(S3)C1C(=O)Nc1ccc(OC)cc1. The number of likely N-dealkylation sites (tertiary alicyclic amines) is 1. The van der Waals surface area contributed by atoms with Gasteiger partial charge in [0.2, 0.25) is 17.7 Å². The predicted molar refractivity (Wildman–Crippen MR) is 132 cm³/mol. The van der Waals surface area contributed by atoms with Gasteiger partial charge in [0.15, 0.2) is 0 Å². The average Bonchev–Trinajstić information content (AvgIpc) is 3.43. The topological polar surface area (TPSA) is 108 Å². The van der Waals surface area contributed by atoms with Crippen molar-refractivity contribution in [1.29, 1.82) is 0 Å². The first-order chi connectivity index (χ1) is 16.2. The van der Waals surface area contributed by atoms with E-state index in [4.69, 9.17) is 4.74 Å². The van der Waals surface area contributed by atoms with Gasteiger partial charge in [-0.25, -0.2) is 0 Å². The molecule has 34 heavy (non-hydrogen) atoms. The first-order valence-electron chi connectivity index (χ1n) is 12.0. The van der Waals surface area contributed by atoms with Crippen molar-refractivity contribution in [2.45, 2.75) is 55.7 Å². The Kier molecular flexibility index (Phi) is 6.88. The summed E-state index contributed by atoms with van der Waals surface area (Å²) in [7, 11) is 3.17. The number of amides is 3. The smallest absolute Gasteiger partial charge is 0.248 e. The number of methoxy groups -OCH3 is 1. The van der Waals surface area contributed by atoms with Crippen LogP contribution in [0.5, 0.6) is 5.75 Å². The molecule has 1 aromatic rings. The van der Waals surface area contributed by atoms with Crippen molar-refractivity contribution in [3.8, 4) is 5.75 Å². The van der Waals surface area contributed by atoms with Crippen LogP contribution in [0, 0.1) is 23.7 Å². The lowest BCUT2D eigenvalue weighted by Crippen LogP contribution is -2.58. The van der Waals surface area contributed by atoms with E-state index in [0.29, 0.717) is 11.4 Å². The molecular weight excluding hydrogens is 454 g/mol. The molecule has 186 valence electrons. The van der Waals surface area contributed by atoms with Gasteiger partial charge in [0.1, 0.15) is 11.8 Å². The summed E-state index contributed by atoms with van der Waals surface area (Å²) in [6.45, 7) is 5.85. The molecule has 0 aliphatic carbocycles. The molecule has 3 amide bonds. The highest BCUT2D eigenvalue weighted by molar-refractivity contribution is 8.02. The third-order valence-corrected chi connectivity index (χ3v) is 10.3. The van der Waals surface area contributed by atoms with Gasteiger partial charge in [-0.1, -0.05) is 27.2 Å². The maximum atomic E-state index is 14.0. The quantitative estimate of drug-likeness (QED) is 0.516. The van der Waals surface area contributed by atoms with Crippen LogP contribution in [-0.4, -0.2) is 70.6 Å². The van der Waals surface area contributed by atoms with E-state index in [1.54, 1.807) is 55.1 Å². The fourth-order valence-electron chi connectivity index (χ4n) is 6.28. The van der Waals surface area contributed by atoms with E-state index in [2.05, 4.69) is 17.6 Å². The molecule has 0 radical (unpaired) electrons. The van der Waals surface area contributed by atoms with E-state index in [9.17, 15) is 19.5 Å². The fraction of sp³-hybridized carbons (Fsp3) is 0.640. The predicted octanol–water partition coefficient (Wildman–Crippen LogP) is 2.12. The van der Waals surface area contributed by atoms with Crippen LogP contribution in [0.15, 0.2) is 24.3 Å². The molecular formula is C25H35N3O5S. The highest BCUT2D eigenvalue weighted by atomic mass is 32.2. The fourth-order valence-corrected chi connectivity index (χ4v) is 8.69. The Labute approximate surface area is 205 Å². The first-order valence-corrected chi connectivity index (χ1v) is 12.9.